The van der Waals surface area contributed by atoms with Gasteiger partial charge in [0, 0.05) is 23.5 Å². The van der Waals surface area contributed by atoms with Gasteiger partial charge in [0.25, 0.3) is 0 Å². The Balaban J connectivity index is 3.22. The van der Waals surface area contributed by atoms with E-state index in [0.29, 0.717) is 5.56 Å². The molecule has 0 heterocycles. The van der Waals surface area contributed by atoms with Gasteiger partial charge in [-0.25, -0.2) is 0 Å². The zero-order chi connectivity index (χ0) is 12.6. The molecule has 0 aliphatic heterocycles. The Morgan fingerprint density at radius 1 is 0.812 bits per heavy atom. The summed E-state index contributed by atoms with van der Waals surface area (Å²) in [5.41, 5.74) is 4.73. The normalized spacial score (nSPS) is 16.6. The van der Waals surface area contributed by atoms with Crippen LogP contribution in [-0.2, 0) is 5.44 Å². The van der Waals surface area contributed by atoms with Gasteiger partial charge in [-0.2, -0.15) is 0 Å². The molecule has 1 aromatic rings. The topological polar surface area (TPSA) is 26.0 Å². The Bertz CT molecular complexity index is 356. The van der Waals surface area contributed by atoms with E-state index in [0.717, 1.165) is 0 Å². The number of benzene rings is 1. The second kappa shape index (κ2) is 4.10. The quantitative estimate of drug-likeness (QED) is 0.613. The van der Waals surface area contributed by atoms with Gasteiger partial charge in [-0.05, 0) is 11.0 Å². The van der Waals surface area contributed by atoms with Crippen molar-refractivity contribution in [1.29, 1.82) is 0 Å². The van der Waals surface area contributed by atoms with Crippen molar-refractivity contribution in [2.75, 3.05) is 0 Å². The summed E-state index contributed by atoms with van der Waals surface area (Å²) in [7, 11) is 33.8. The van der Waals surface area contributed by atoms with Crippen LogP contribution in [0.2, 0.25) is 10.3 Å². The molecule has 66 valence electrons. The van der Waals surface area contributed by atoms with Crippen molar-refractivity contribution in [3.05, 3.63) is 35.9 Å². The van der Waals surface area contributed by atoms with E-state index in [1.165, 1.54) is 0 Å². The first kappa shape index (κ1) is 13.6. The third-order valence-corrected chi connectivity index (χ3v) is 2.65. The highest BCUT2D eigenvalue weighted by molar-refractivity contribution is 6.68. The van der Waals surface area contributed by atoms with E-state index in [9.17, 15) is 0 Å². The summed E-state index contributed by atoms with van der Waals surface area (Å²) in [6.07, 6.45) is 0. The monoisotopic (exact) mass is 195 g/mol. The van der Waals surface area contributed by atoms with Gasteiger partial charge in [0.1, 0.15) is 7.85 Å². The lowest BCUT2D eigenvalue weighted by Crippen LogP contribution is -2.55. The molecule has 1 atom stereocenters. The SMILES string of the molecule is [B]C([B])([B])C([B])([B])[C@@]([B])(N)c1ccccc1. The fourth-order valence-electron chi connectivity index (χ4n) is 1.31. The Labute approximate surface area is 105 Å². The molecule has 12 radical (unpaired) electrons. The highest BCUT2D eigenvalue weighted by Gasteiger charge is 2.43. The van der Waals surface area contributed by atoms with E-state index in [1.807, 2.05) is 0 Å². The zero-order valence-electron chi connectivity index (χ0n) is 8.93. The van der Waals surface area contributed by atoms with E-state index >= 15 is 0 Å². The lowest BCUT2D eigenvalue weighted by Gasteiger charge is -2.54. The molecule has 1 rings (SSSR count). The van der Waals surface area contributed by atoms with Crippen LogP contribution >= 0.6 is 0 Å². The van der Waals surface area contributed by atoms with E-state index in [-0.39, 0.29) is 0 Å². The van der Waals surface area contributed by atoms with Gasteiger partial charge < -0.3 is 5.73 Å². The van der Waals surface area contributed by atoms with Gasteiger partial charge in [-0.15, -0.1) is 10.3 Å². The smallest absolute Gasteiger partial charge is 0.100 e. The minimum Gasteiger partial charge on any atom is -0.330 e. The fraction of sp³-hybridized carbons (Fsp3) is 0.333. The molecule has 1 nitrogen and oxygen atoms in total. The first-order valence-corrected chi connectivity index (χ1v) is 4.68. The first-order chi connectivity index (χ1) is 7.11. The van der Waals surface area contributed by atoms with Gasteiger partial charge >= 0.3 is 0 Å². The maximum absolute atomic E-state index is 5.89. The van der Waals surface area contributed by atoms with Crippen LogP contribution in [0.3, 0.4) is 0 Å². The molecule has 0 unspecified atom stereocenters. The predicted molar refractivity (Wildman–Crippen MR) is 72.2 cm³/mol. The van der Waals surface area contributed by atoms with Crippen molar-refractivity contribution >= 4 is 47.1 Å². The maximum Gasteiger partial charge on any atom is 0.100 e. The zero-order valence-corrected chi connectivity index (χ0v) is 8.93. The maximum atomic E-state index is 5.89. The second-order valence-corrected chi connectivity index (χ2v) is 4.04. The van der Waals surface area contributed by atoms with E-state index in [2.05, 4.69) is 0 Å². The third-order valence-electron chi connectivity index (χ3n) is 2.65. The predicted octanol–water partition coefficient (Wildman–Crippen LogP) is -1.00. The van der Waals surface area contributed by atoms with E-state index < -0.39 is 15.8 Å². The Morgan fingerprint density at radius 3 is 1.62 bits per heavy atom. The van der Waals surface area contributed by atoms with Gasteiger partial charge in [-0.3, -0.25) is 0 Å². The summed E-state index contributed by atoms with van der Waals surface area (Å²) in [5.74, 6) is 0. The van der Waals surface area contributed by atoms with Gasteiger partial charge in [0.05, 0.1) is 15.7 Å². The van der Waals surface area contributed by atoms with Gasteiger partial charge in [-0.1, -0.05) is 30.3 Å². The molecular weight excluding hydrogens is 187 g/mol. The molecule has 0 aromatic heterocycles. The van der Waals surface area contributed by atoms with Crippen LogP contribution in [0.5, 0.6) is 0 Å². The van der Waals surface area contributed by atoms with Crippen molar-refractivity contribution in [3.8, 4) is 0 Å². The standard InChI is InChI=1S/C9H7B6N/c10-7(16,6-4-2-1-3-5-6)8(11,12)9(13,14)15/h1-5H,16H2/t7-/m0/s1. The number of hydrogen-bond donors (Lipinski definition) is 1. The molecule has 0 fully saturated rings. The van der Waals surface area contributed by atoms with Gasteiger partial charge in [0.15, 0.2) is 0 Å². The number of rotatable bonds is 3. The number of nitrogens with two attached hydrogens (primary N) is 1. The van der Waals surface area contributed by atoms with Crippen LogP contribution in [0.1, 0.15) is 5.56 Å². The lowest BCUT2D eigenvalue weighted by atomic mass is 9.17. The van der Waals surface area contributed by atoms with E-state index in [1.54, 1.807) is 30.3 Å². The van der Waals surface area contributed by atoms with Crippen LogP contribution in [-0.4, -0.2) is 47.1 Å². The summed E-state index contributed by atoms with van der Waals surface area (Å²) in [5, 5.41) is -3.78. The largest absolute Gasteiger partial charge is 0.330 e. The Kier molecular flexibility index (Phi) is 3.50. The molecular formula is C9H7B6N. The summed E-state index contributed by atoms with van der Waals surface area (Å²) in [4.78, 5) is 0. The highest BCUT2D eigenvalue weighted by atomic mass is 14.7. The minimum atomic E-state index is -1.91. The summed E-state index contributed by atoms with van der Waals surface area (Å²) in [6.45, 7) is 0. The first-order valence-electron chi connectivity index (χ1n) is 4.68. The Hall–Kier alpha value is -0.430. The Morgan fingerprint density at radius 2 is 1.25 bits per heavy atom. The molecule has 0 saturated heterocycles. The second-order valence-electron chi connectivity index (χ2n) is 4.04. The molecule has 2 N–H and O–H groups in total. The van der Waals surface area contributed by atoms with Crippen LogP contribution < -0.4 is 5.73 Å². The molecule has 0 aliphatic rings. The molecule has 16 heavy (non-hydrogen) atoms. The number of hydrogen-bond acceptors (Lipinski definition) is 1. The molecule has 0 bridgehead atoms. The van der Waals surface area contributed by atoms with Crippen molar-refractivity contribution in [1.82, 2.24) is 0 Å². The van der Waals surface area contributed by atoms with Crippen molar-refractivity contribution < 1.29 is 0 Å². The fourth-order valence-corrected chi connectivity index (χ4v) is 1.31. The van der Waals surface area contributed by atoms with Crippen LogP contribution in [0.25, 0.3) is 0 Å². The summed E-state index contributed by atoms with van der Waals surface area (Å²) in [6, 6.07) is 8.62. The molecule has 0 aliphatic carbocycles. The van der Waals surface area contributed by atoms with Crippen LogP contribution in [0.4, 0.5) is 0 Å². The molecule has 0 amide bonds. The molecule has 0 spiro atoms. The van der Waals surface area contributed by atoms with Crippen LogP contribution in [0, 0.1) is 0 Å². The van der Waals surface area contributed by atoms with Crippen molar-refractivity contribution in [2.45, 2.75) is 15.8 Å². The van der Waals surface area contributed by atoms with E-state index in [4.69, 9.17) is 52.8 Å². The highest BCUT2D eigenvalue weighted by Crippen LogP contribution is 2.49. The molecule has 1 aromatic carbocycles. The molecule has 7 heteroatoms. The average molecular weight is 194 g/mol. The van der Waals surface area contributed by atoms with Crippen molar-refractivity contribution in [3.63, 3.8) is 0 Å². The molecule has 0 saturated carbocycles. The van der Waals surface area contributed by atoms with Gasteiger partial charge in [0.2, 0.25) is 0 Å². The van der Waals surface area contributed by atoms with Crippen molar-refractivity contribution in [2.24, 2.45) is 5.73 Å². The third kappa shape index (κ3) is 2.15. The minimum absolute atomic E-state index is 0.491. The lowest BCUT2D eigenvalue weighted by molar-refractivity contribution is 0.532. The van der Waals surface area contributed by atoms with Crippen LogP contribution in [0.15, 0.2) is 30.3 Å². The summed E-state index contributed by atoms with van der Waals surface area (Å²) < 4.78 is 0. The average Bonchev–Trinajstić information content (AvgIpc) is 2.17. The summed E-state index contributed by atoms with van der Waals surface area (Å²) >= 11 is 0.